The minimum atomic E-state index is -0.780. The van der Waals surface area contributed by atoms with Crippen LogP contribution in [0.4, 0.5) is 11.4 Å². The van der Waals surface area contributed by atoms with E-state index in [-0.39, 0.29) is 34.9 Å². The van der Waals surface area contributed by atoms with E-state index in [0.29, 0.717) is 29.8 Å². The Morgan fingerprint density at radius 2 is 1.87 bits per heavy atom. The number of carbonyl (C=O) groups is 1. The molecule has 166 valence electrons. The average Bonchev–Trinajstić information content (AvgIpc) is 3.07. The number of azo groups is 1. The van der Waals surface area contributed by atoms with Gasteiger partial charge in [-0.05, 0) is 56.6 Å². The molecule has 2 aliphatic rings. The number of hydrogen-bond acceptors (Lipinski definition) is 5. The molecule has 1 aromatic carbocycles. The van der Waals surface area contributed by atoms with Crippen molar-refractivity contribution in [1.82, 2.24) is 9.78 Å². The van der Waals surface area contributed by atoms with E-state index in [4.69, 9.17) is 0 Å². The van der Waals surface area contributed by atoms with E-state index < -0.39 is 5.97 Å². The minimum absolute atomic E-state index is 0.0167. The van der Waals surface area contributed by atoms with Crippen molar-refractivity contribution < 1.29 is 15.0 Å². The molecular formula is C23H30N4O4. The molecule has 2 atom stereocenters. The van der Waals surface area contributed by atoms with E-state index in [0.717, 1.165) is 38.5 Å². The van der Waals surface area contributed by atoms with Crippen LogP contribution in [0.25, 0.3) is 0 Å². The van der Waals surface area contributed by atoms with Gasteiger partial charge >= 0.3 is 5.97 Å². The summed E-state index contributed by atoms with van der Waals surface area (Å²) in [6, 6.07) is 5.44. The summed E-state index contributed by atoms with van der Waals surface area (Å²) in [4.78, 5) is 24.3. The van der Waals surface area contributed by atoms with Gasteiger partial charge in [-0.25, -0.2) is 4.68 Å². The van der Waals surface area contributed by atoms with Crippen LogP contribution in [0.3, 0.4) is 0 Å². The summed E-state index contributed by atoms with van der Waals surface area (Å²) in [5.41, 5.74) is 1.73. The Labute approximate surface area is 181 Å². The molecule has 0 radical (unpaired) electrons. The van der Waals surface area contributed by atoms with Crippen LogP contribution in [0.5, 0.6) is 5.75 Å². The molecule has 2 saturated carbocycles. The van der Waals surface area contributed by atoms with Gasteiger partial charge in [0.1, 0.15) is 11.4 Å². The van der Waals surface area contributed by atoms with Gasteiger partial charge in [0.25, 0.3) is 5.56 Å². The number of aryl methyl sites for hydroxylation is 1. The van der Waals surface area contributed by atoms with E-state index >= 15 is 0 Å². The van der Waals surface area contributed by atoms with Gasteiger partial charge in [-0.15, -0.1) is 10.2 Å². The van der Waals surface area contributed by atoms with Gasteiger partial charge in [-0.3, -0.25) is 14.7 Å². The second kappa shape index (κ2) is 9.08. The number of phenolic OH excluding ortho intramolecular Hbond substituents is 1. The van der Waals surface area contributed by atoms with Gasteiger partial charge in [0.15, 0.2) is 5.69 Å². The number of aromatic nitrogens is 2. The van der Waals surface area contributed by atoms with Crippen LogP contribution in [0.2, 0.25) is 0 Å². The Kier molecular flexibility index (Phi) is 6.25. The zero-order chi connectivity index (χ0) is 22.0. The number of nitrogens with zero attached hydrogens (tertiary/aromatic N) is 3. The molecule has 0 spiro atoms. The number of rotatable bonds is 5. The number of para-hydroxylation sites is 1. The summed E-state index contributed by atoms with van der Waals surface area (Å²) in [5.74, 6) is -1.17. The van der Waals surface area contributed by atoms with E-state index in [2.05, 4.69) is 15.3 Å². The molecule has 1 heterocycles. The molecule has 0 bridgehead atoms. The molecular weight excluding hydrogens is 396 g/mol. The molecule has 0 aliphatic heterocycles. The maximum Gasteiger partial charge on any atom is 0.306 e. The van der Waals surface area contributed by atoms with Gasteiger partial charge in [-0.1, -0.05) is 37.8 Å². The highest BCUT2D eigenvalue weighted by Gasteiger charge is 2.29. The summed E-state index contributed by atoms with van der Waals surface area (Å²) < 4.78 is 1.67. The first kappa shape index (κ1) is 21.3. The Morgan fingerprint density at radius 1 is 1.10 bits per heavy atom. The fraction of sp³-hybridized carbons (Fsp3) is 0.565. The van der Waals surface area contributed by atoms with Crippen LogP contribution in [-0.2, 0) is 4.79 Å². The van der Waals surface area contributed by atoms with Gasteiger partial charge in [0, 0.05) is 0 Å². The summed E-state index contributed by atoms with van der Waals surface area (Å²) >= 11 is 0. The lowest BCUT2D eigenvalue weighted by Gasteiger charge is -2.27. The predicted molar refractivity (Wildman–Crippen MR) is 117 cm³/mol. The van der Waals surface area contributed by atoms with Crippen molar-refractivity contribution in [2.75, 3.05) is 0 Å². The maximum absolute atomic E-state index is 12.9. The predicted octanol–water partition coefficient (Wildman–Crippen LogP) is 5.47. The molecule has 1 aromatic heterocycles. The number of carboxylic acids is 1. The first-order valence-electron chi connectivity index (χ1n) is 11.2. The summed E-state index contributed by atoms with van der Waals surface area (Å²) in [6.07, 6.45) is 8.25. The second-order valence-electron chi connectivity index (χ2n) is 8.87. The number of aromatic amines is 1. The highest BCUT2D eigenvalue weighted by atomic mass is 16.4. The summed E-state index contributed by atoms with van der Waals surface area (Å²) in [7, 11) is 0. The van der Waals surface area contributed by atoms with Crippen LogP contribution in [0.1, 0.15) is 81.0 Å². The third-order valence-corrected chi connectivity index (χ3v) is 6.77. The number of H-pyrrole nitrogens is 1. The van der Waals surface area contributed by atoms with Crippen molar-refractivity contribution in [2.45, 2.75) is 76.7 Å². The molecule has 2 fully saturated rings. The van der Waals surface area contributed by atoms with E-state index in [1.807, 2.05) is 6.07 Å². The highest BCUT2D eigenvalue weighted by molar-refractivity contribution is 5.70. The minimum Gasteiger partial charge on any atom is -0.505 e. The first-order chi connectivity index (χ1) is 15.0. The lowest BCUT2D eigenvalue weighted by molar-refractivity contribution is -0.143. The number of aromatic hydroxyl groups is 1. The number of aliphatic carboxylic acids is 1. The molecule has 2 aliphatic carbocycles. The topological polar surface area (TPSA) is 120 Å². The van der Waals surface area contributed by atoms with Crippen molar-refractivity contribution in [3.05, 3.63) is 39.8 Å². The first-order valence-corrected chi connectivity index (χ1v) is 11.2. The van der Waals surface area contributed by atoms with Crippen molar-refractivity contribution in [3.8, 4) is 5.75 Å². The lowest BCUT2D eigenvalue weighted by atomic mass is 9.77. The fourth-order valence-electron chi connectivity index (χ4n) is 5.03. The van der Waals surface area contributed by atoms with E-state index in [1.165, 1.54) is 6.42 Å². The van der Waals surface area contributed by atoms with Gasteiger partial charge < -0.3 is 10.2 Å². The fourth-order valence-corrected chi connectivity index (χ4v) is 5.03. The van der Waals surface area contributed by atoms with Gasteiger partial charge in [0.2, 0.25) is 0 Å². The molecule has 2 unspecified atom stereocenters. The third-order valence-electron chi connectivity index (χ3n) is 6.77. The van der Waals surface area contributed by atoms with E-state index in [9.17, 15) is 19.8 Å². The van der Waals surface area contributed by atoms with Crippen molar-refractivity contribution in [2.24, 2.45) is 16.1 Å². The smallest absolute Gasteiger partial charge is 0.306 e. The Hall–Kier alpha value is -2.90. The zero-order valence-corrected chi connectivity index (χ0v) is 17.9. The molecule has 8 nitrogen and oxygen atoms in total. The number of benzene rings is 1. The average molecular weight is 427 g/mol. The van der Waals surface area contributed by atoms with Crippen LogP contribution in [0, 0.1) is 12.8 Å². The van der Waals surface area contributed by atoms with E-state index in [1.54, 1.807) is 23.7 Å². The highest BCUT2D eigenvalue weighted by Crippen LogP contribution is 2.43. The molecule has 0 saturated heterocycles. The summed E-state index contributed by atoms with van der Waals surface area (Å²) in [6.45, 7) is 1.80. The van der Waals surface area contributed by atoms with Crippen LogP contribution in [-0.4, -0.2) is 26.0 Å². The Bertz CT molecular complexity index is 1030. The normalized spacial score (nSPS) is 22.7. The zero-order valence-electron chi connectivity index (χ0n) is 17.9. The monoisotopic (exact) mass is 426 g/mol. The van der Waals surface area contributed by atoms with Gasteiger partial charge in [-0.2, -0.15) is 0 Å². The SMILES string of the molecule is Cc1[nH]n(C2CCCCC2)c(=O)c1N=Nc1cccc(C2CCCC(C(=O)O)C2)c1O. The molecule has 3 N–H and O–H groups in total. The summed E-state index contributed by atoms with van der Waals surface area (Å²) in [5, 5.41) is 31.7. The van der Waals surface area contributed by atoms with Crippen molar-refractivity contribution in [1.29, 1.82) is 0 Å². The molecule has 8 heteroatoms. The molecule has 31 heavy (non-hydrogen) atoms. The largest absolute Gasteiger partial charge is 0.505 e. The second-order valence-corrected chi connectivity index (χ2v) is 8.87. The number of carboxylic acid groups (broad SMARTS) is 1. The standard InChI is InChI=1S/C23H30N4O4/c1-14-20(22(29)27(26-14)17-9-3-2-4-10-17)25-24-19-12-6-11-18(21(19)28)15-7-5-8-16(13-15)23(30)31/h6,11-12,15-17,26,28H,2-5,7-10,13H2,1H3,(H,30,31). The van der Waals surface area contributed by atoms with Crippen molar-refractivity contribution >= 4 is 17.3 Å². The molecule has 2 aromatic rings. The molecule has 4 rings (SSSR count). The molecule has 0 amide bonds. The van der Waals surface area contributed by atoms with Crippen LogP contribution in [0.15, 0.2) is 33.2 Å². The lowest BCUT2D eigenvalue weighted by Crippen LogP contribution is -2.24. The Balaban J connectivity index is 1.58. The number of nitrogens with one attached hydrogen (secondary N) is 1. The van der Waals surface area contributed by atoms with Crippen LogP contribution >= 0.6 is 0 Å². The van der Waals surface area contributed by atoms with Crippen molar-refractivity contribution in [3.63, 3.8) is 0 Å². The van der Waals surface area contributed by atoms with Crippen LogP contribution < -0.4 is 5.56 Å². The third kappa shape index (κ3) is 4.43. The number of hydrogen-bond donors (Lipinski definition) is 3. The van der Waals surface area contributed by atoms with Gasteiger partial charge in [0.05, 0.1) is 17.7 Å². The Morgan fingerprint density at radius 3 is 2.61 bits per heavy atom. The maximum atomic E-state index is 12.9. The quantitative estimate of drug-likeness (QED) is 0.549. The number of phenols is 1.